The van der Waals surface area contributed by atoms with E-state index in [2.05, 4.69) is 9.97 Å². The fourth-order valence-corrected chi connectivity index (χ4v) is 1.43. The third kappa shape index (κ3) is 2.28. The second-order valence-electron chi connectivity index (χ2n) is 3.59. The lowest BCUT2D eigenvalue weighted by Crippen LogP contribution is -2.08. The Morgan fingerprint density at radius 1 is 1.50 bits per heavy atom. The summed E-state index contributed by atoms with van der Waals surface area (Å²) in [4.78, 5) is 17.2. The minimum absolute atomic E-state index is 0.0956. The van der Waals surface area contributed by atoms with Gasteiger partial charge in [0.2, 0.25) is 5.88 Å². The van der Waals surface area contributed by atoms with Crippen LogP contribution in [-0.2, 0) is 0 Å². The number of nitrogens with one attached hydrogen (secondary N) is 1. The summed E-state index contributed by atoms with van der Waals surface area (Å²) in [6, 6.07) is 2.54. The molecular weight excluding hydrogens is 261 g/mol. The Kier molecular flexibility index (Phi) is 3.20. The van der Waals surface area contributed by atoms with Crippen molar-refractivity contribution in [1.29, 1.82) is 0 Å². The van der Waals surface area contributed by atoms with Crippen LogP contribution in [0.2, 0.25) is 5.02 Å². The topological polar surface area (TPSA) is 81.0 Å². The van der Waals surface area contributed by atoms with E-state index in [0.717, 1.165) is 12.4 Å². The molecule has 0 aliphatic rings. The van der Waals surface area contributed by atoms with Crippen molar-refractivity contribution in [2.24, 2.45) is 0 Å². The van der Waals surface area contributed by atoms with Crippen molar-refractivity contribution in [2.45, 2.75) is 6.92 Å². The van der Waals surface area contributed by atoms with E-state index in [1.165, 1.54) is 6.07 Å². The number of nitrogens with zero attached hydrogens (tertiary/aromatic N) is 1. The Bertz CT molecular complexity index is 657. The first-order valence-corrected chi connectivity index (χ1v) is 5.33. The average Bonchev–Trinajstić information content (AvgIpc) is 2.32. The van der Waals surface area contributed by atoms with Gasteiger partial charge in [-0.1, -0.05) is 11.6 Å². The van der Waals surface area contributed by atoms with E-state index in [0.29, 0.717) is 11.3 Å². The van der Waals surface area contributed by atoms with Crippen LogP contribution >= 0.6 is 11.6 Å². The second kappa shape index (κ2) is 4.66. The number of aryl methyl sites for hydroxylation is 1. The predicted octanol–water partition coefficient (Wildman–Crippen LogP) is 2.25. The number of benzene rings is 1. The number of aromatic amines is 1. The fourth-order valence-electron chi connectivity index (χ4n) is 1.29. The number of rotatable bonds is 2. The molecule has 2 rings (SSSR count). The molecule has 7 heteroatoms. The molecule has 1 aromatic carbocycles. The zero-order valence-corrected chi connectivity index (χ0v) is 10.1. The average molecular weight is 270 g/mol. The van der Waals surface area contributed by atoms with E-state index in [-0.39, 0.29) is 16.7 Å². The number of hydrogen-bond acceptors (Lipinski definition) is 4. The number of aromatic nitrogens is 2. The van der Waals surface area contributed by atoms with Crippen molar-refractivity contribution < 1.29 is 9.13 Å². The Hall–Kier alpha value is -2.08. The molecule has 0 aliphatic carbocycles. The van der Waals surface area contributed by atoms with Crippen LogP contribution in [0.3, 0.4) is 0 Å². The number of H-pyrrole nitrogens is 1. The highest BCUT2D eigenvalue weighted by atomic mass is 35.5. The molecule has 0 fully saturated rings. The lowest BCUT2D eigenvalue weighted by molar-refractivity contribution is 0.426. The maximum atomic E-state index is 13.6. The van der Waals surface area contributed by atoms with E-state index < -0.39 is 11.4 Å². The van der Waals surface area contributed by atoms with Crippen LogP contribution in [0.25, 0.3) is 0 Å². The highest BCUT2D eigenvalue weighted by Gasteiger charge is 2.12. The van der Waals surface area contributed by atoms with Gasteiger partial charge in [0.25, 0.3) is 5.56 Å². The first-order valence-electron chi connectivity index (χ1n) is 4.95. The van der Waals surface area contributed by atoms with Gasteiger partial charge in [0.05, 0.1) is 6.33 Å². The van der Waals surface area contributed by atoms with Gasteiger partial charge in [-0.05, 0) is 18.6 Å². The molecule has 0 saturated carbocycles. The van der Waals surface area contributed by atoms with Gasteiger partial charge in [0.15, 0.2) is 16.6 Å². The number of ether oxygens (including phenoxy) is 1. The summed E-state index contributed by atoms with van der Waals surface area (Å²) < 4.78 is 18.7. The van der Waals surface area contributed by atoms with Crippen LogP contribution < -0.4 is 16.0 Å². The normalized spacial score (nSPS) is 10.4. The van der Waals surface area contributed by atoms with Gasteiger partial charge in [-0.3, -0.25) is 4.79 Å². The smallest absolute Gasteiger partial charge is 0.273 e. The summed E-state index contributed by atoms with van der Waals surface area (Å²) in [7, 11) is 0. The molecule has 0 saturated heterocycles. The number of anilines is 1. The summed E-state index contributed by atoms with van der Waals surface area (Å²) >= 11 is 5.69. The highest BCUT2D eigenvalue weighted by molar-refractivity contribution is 6.31. The summed E-state index contributed by atoms with van der Waals surface area (Å²) in [5.74, 6) is -0.915. The molecule has 0 aliphatic heterocycles. The molecule has 0 radical (unpaired) electrons. The Morgan fingerprint density at radius 3 is 2.94 bits per heavy atom. The van der Waals surface area contributed by atoms with Crippen LogP contribution in [0.4, 0.5) is 10.1 Å². The summed E-state index contributed by atoms with van der Waals surface area (Å²) in [6.07, 6.45) is 1.12. The third-order valence-corrected chi connectivity index (χ3v) is 2.63. The maximum absolute atomic E-state index is 13.6. The van der Waals surface area contributed by atoms with E-state index in [4.69, 9.17) is 22.1 Å². The van der Waals surface area contributed by atoms with Crippen molar-refractivity contribution in [3.05, 3.63) is 45.2 Å². The van der Waals surface area contributed by atoms with Crippen molar-refractivity contribution in [3.63, 3.8) is 0 Å². The largest absolute Gasteiger partial charge is 0.434 e. The summed E-state index contributed by atoms with van der Waals surface area (Å²) in [5.41, 5.74) is 5.94. The van der Waals surface area contributed by atoms with Crippen LogP contribution in [-0.4, -0.2) is 9.97 Å². The standard InChI is InChI=1S/C11H9ClFN3O2/c1-5-2-8(6(13)3-7(5)14)18-11-9(12)10(17)15-4-16-11/h2-4H,14H2,1H3,(H,15,16,17). The van der Waals surface area contributed by atoms with Gasteiger partial charge in [0.1, 0.15) is 0 Å². The van der Waals surface area contributed by atoms with E-state index >= 15 is 0 Å². The molecule has 94 valence electrons. The number of nitrogens with two attached hydrogens (primary N) is 1. The van der Waals surface area contributed by atoms with Gasteiger partial charge in [0, 0.05) is 11.8 Å². The summed E-state index contributed by atoms with van der Waals surface area (Å²) in [6.45, 7) is 1.70. The molecule has 3 N–H and O–H groups in total. The van der Waals surface area contributed by atoms with Crippen LogP contribution in [0.5, 0.6) is 11.6 Å². The molecule has 18 heavy (non-hydrogen) atoms. The summed E-state index contributed by atoms with van der Waals surface area (Å²) in [5, 5.41) is -0.244. The van der Waals surface area contributed by atoms with Gasteiger partial charge >= 0.3 is 0 Å². The first kappa shape index (κ1) is 12.4. The molecule has 2 aromatic rings. The Morgan fingerprint density at radius 2 is 2.22 bits per heavy atom. The van der Waals surface area contributed by atoms with Crippen LogP contribution in [0.1, 0.15) is 5.56 Å². The lowest BCUT2D eigenvalue weighted by Gasteiger charge is -2.08. The van der Waals surface area contributed by atoms with E-state index in [1.807, 2.05) is 0 Å². The van der Waals surface area contributed by atoms with Crippen molar-refractivity contribution >= 4 is 17.3 Å². The maximum Gasteiger partial charge on any atom is 0.273 e. The van der Waals surface area contributed by atoms with Crippen molar-refractivity contribution in [3.8, 4) is 11.6 Å². The number of halogens is 2. The van der Waals surface area contributed by atoms with Gasteiger partial charge in [-0.2, -0.15) is 0 Å². The second-order valence-corrected chi connectivity index (χ2v) is 3.97. The van der Waals surface area contributed by atoms with Crippen molar-refractivity contribution in [1.82, 2.24) is 9.97 Å². The molecule has 5 nitrogen and oxygen atoms in total. The Labute approximate surface area is 106 Å². The molecule has 1 aromatic heterocycles. The zero-order chi connectivity index (χ0) is 13.3. The third-order valence-electron chi connectivity index (χ3n) is 2.29. The molecule has 1 heterocycles. The minimum Gasteiger partial charge on any atom is -0.434 e. The fraction of sp³-hybridized carbons (Fsp3) is 0.0909. The van der Waals surface area contributed by atoms with E-state index in [1.54, 1.807) is 6.92 Å². The molecule has 0 bridgehead atoms. The van der Waals surface area contributed by atoms with E-state index in [9.17, 15) is 9.18 Å². The number of nitrogen functional groups attached to an aromatic ring is 1. The first-order chi connectivity index (χ1) is 8.49. The zero-order valence-electron chi connectivity index (χ0n) is 9.33. The minimum atomic E-state index is -0.656. The highest BCUT2D eigenvalue weighted by Crippen LogP contribution is 2.29. The predicted molar refractivity (Wildman–Crippen MR) is 65.5 cm³/mol. The molecule has 0 unspecified atom stereocenters. The van der Waals surface area contributed by atoms with Crippen LogP contribution in [0.15, 0.2) is 23.3 Å². The van der Waals surface area contributed by atoms with Gasteiger partial charge in [-0.25, -0.2) is 9.37 Å². The molecule has 0 spiro atoms. The monoisotopic (exact) mass is 269 g/mol. The molecule has 0 amide bonds. The van der Waals surface area contributed by atoms with Crippen molar-refractivity contribution in [2.75, 3.05) is 5.73 Å². The van der Waals surface area contributed by atoms with Gasteiger partial charge in [-0.15, -0.1) is 0 Å². The molecule has 0 atom stereocenters. The van der Waals surface area contributed by atoms with Gasteiger partial charge < -0.3 is 15.5 Å². The quantitative estimate of drug-likeness (QED) is 0.819. The molecular formula is C11H9ClFN3O2. The lowest BCUT2D eigenvalue weighted by atomic mass is 10.2. The Balaban J connectivity index is 2.43. The SMILES string of the molecule is Cc1cc(Oc2nc[nH]c(=O)c2Cl)c(F)cc1N. The number of hydrogen-bond donors (Lipinski definition) is 2. The van der Waals surface area contributed by atoms with Crippen LogP contribution in [0, 0.1) is 12.7 Å².